The van der Waals surface area contributed by atoms with Gasteiger partial charge in [0.05, 0.1) is 16.8 Å². The lowest BCUT2D eigenvalue weighted by Gasteiger charge is -2.05. The van der Waals surface area contributed by atoms with Crippen LogP contribution in [-0.2, 0) is 11.3 Å². The van der Waals surface area contributed by atoms with Crippen LogP contribution in [0, 0.1) is 11.3 Å². The summed E-state index contributed by atoms with van der Waals surface area (Å²) in [5.74, 6) is -0.943. The summed E-state index contributed by atoms with van der Waals surface area (Å²) in [6.07, 6.45) is 2.05. The van der Waals surface area contributed by atoms with E-state index >= 15 is 0 Å². The lowest BCUT2D eigenvalue weighted by Crippen LogP contribution is -2.02. The van der Waals surface area contributed by atoms with Gasteiger partial charge in [0, 0.05) is 6.54 Å². The Bertz CT molecular complexity index is 752. The van der Waals surface area contributed by atoms with E-state index in [0.717, 1.165) is 5.52 Å². The van der Waals surface area contributed by atoms with Gasteiger partial charge in [0.15, 0.2) is 5.16 Å². The van der Waals surface area contributed by atoms with E-state index in [4.69, 9.17) is 10.4 Å². The van der Waals surface area contributed by atoms with E-state index < -0.39 is 5.97 Å². The molecule has 1 aromatic heterocycles. The summed E-state index contributed by atoms with van der Waals surface area (Å²) >= 11 is 1.17. The van der Waals surface area contributed by atoms with Crippen LogP contribution >= 0.6 is 11.8 Å². The summed E-state index contributed by atoms with van der Waals surface area (Å²) in [6, 6.07) is 7.55. The number of fused-ring (bicyclic) bond motifs is 1. The summed E-state index contributed by atoms with van der Waals surface area (Å²) < 4.78 is 1.94. The number of thioether (sulfide) groups is 1. The SMILES string of the molecule is CC(C)=CCn1c(SCC(=O)O)nc2c(C#N)cccc21. The summed E-state index contributed by atoms with van der Waals surface area (Å²) in [5, 5.41) is 18.6. The third kappa shape index (κ3) is 3.44. The second kappa shape index (κ2) is 6.46. The smallest absolute Gasteiger partial charge is 0.313 e. The van der Waals surface area contributed by atoms with E-state index in [-0.39, 0.29) is 5.75 Å². The summed E-state index contributed by atoms with van der Waals surface area (Å²) in [5.41, 5.74) is 3.14. The van der Waals surface area contributed by atoms with Crippen LogP contribution in [0.25, 0.3) is 11.0 Å². The predicted molar refractivity (Wildman–Crippen MR) is 82.2 cm³/mol. The summed E-state index contributed by atoms with van der Waals surface area (Å²) in [7, 11) is 0. The molecule has 0 aliphatic heterocycles. The first kappa shape index (κ1) is 15.1. The van der Waals surface area contributed by atoms with Crippen LogP contribution in [0.2, 0.25) is 0 Å². The number of carbonyl (C=O) groups is 1. The number of carboxylic acids is 1. The van der Waals surface area contributed by atoms with Crippen LogP contribution in [0.5, 0.6) is 0 Å². The number of aliphatic carboxylic acids is 1. The van der Waals surface area contributed by atoms with Gasteiger partial charge in [-0.15, -0.1) is 0 Å². The quantitative estimate of drug-likeness (QED) is 0.678. The van der Waals surface area contributed by atoms with Crippen molar-refractivity contribution in [3.8, 4) is 6.07 Å². The van der Waals surface area contributed by atoms with E-state index in [1.807, 2.05) is 36.6 Å². The summed E-state index contributed by atoms with van der Waals surface area (Å²) in [6.45, 7) is 4.61. The second-order valence-corrected chi connectivity index (χ2v) is 5.70. The fraction of sp³-hybridized carbons (Fsp3) is 0.267. The van der Waals surface area contributed by atoms with Crippen molar-refractivity contribution in [3.05, 3.63) is 35.4 Å². The van der Waals surface area contributed by atoms with Crippen molar-refractivity contribution in [1.29, 1.82) is 5.26 Å². The van der Waals surface area contributed by atoms with Gasteiger partial charge < -0.3 is 9.67 Å². The highest BCUT2D eigenvalue weighted by atomic mass is 32.2. The molecule has 0 amide bonds. The Balaban J connectivity index is 2.54. The molecule has 1 aromatic carbocycles. The number of imidazole rings is 1. The zero-order chi connectivity index (χ0) is 15.4. The Morgan fingerprint density at radius 2 is 2.29 bits per heavy atom. The largest absolute Gasteiger partial charge is 0.481 e. The minimum absolute atomic E-state index is 0.0555. The number of benzene rings is 1. The average Bonchev–Trinajstić information content (AvgIpc) is 2.80. The highest BCUT2D eigenvalue weighted by Crippen LogP contribution is 2.26. The van der Waals surface area contributed by atoms with E-state index in [1.165, 1.54) is 17.3 Å². The maximum absolute atomic E-state index is 10.8. The van der Waals surface area contributed by atoms with Gasteiger partial charge >= 0.3 is 5.97 Å². The van der Waals surface area contributed by atoms with Gasteiger partial charge in [0.25, 0.3) is 0 Å². The van der Waals surface area contributed by atoms with Crippen LogP contribution in [-0.4, -0.2) is 26.4 Å². The number of allylic oxidation sites excluding steroid dienone is 2. The average molecular weight is 301 g/mol. The minimum Gasteiger partial charge on any atom is -0.481 e. The van der Waals surface area contributed by atoms with Crippen molar-refractivity contribution in [2.75, 3.05) is 5.75 Å². The Labute approximate surface area is 126 Å². The number of nitrogens with zero attached hydrogens (tertiary/aromatic N) is 3. The molecule has 108 valence electrons. The molecule has 0 saturated heterocycles. The van der Waals surface area contributed by atoms with Crippen molar-refractivity contribution in [2.24, 2.45) is 0 Å². The molecule has 0 unspecified atom stereocenters. The normalized spacial score (nSPS) is 10.3. The maximum Gasteiger partial charge on any atom is 0.313 e. The molecule has 2 rings (SSSR count). The van der Waals surface area contributed by atoms with Gasteiger partial charge in [-0.25, -0.2) is 4.98 Å². The molecule has 5 nitrogen and oxygen atoms in total. The highest BCUT2D eigenvalue weighted by molar-refractivity contribution is 7.99. The van der Waals surface area contributed by atoms with E-state index in [1.54, 1.807) is 6.07 Å². The van der Waals surface area contributed by atoms with Gasteiger partial charge in [-0.3, -0.25) is 4.79 Å². The third-order valence-corrected chi connectivity index (χ3v) is 3.83. The lowest BCUT2D eigenvalue weighted by atomic mass is 10.2. The zero-order valence-electron chi connectivity index (χ0n) is 11.8. The molecular formula is C15H15N3O2S. The number of para-hydroxylation sites is 1. The molecule has 0 fully saturated rings. The lowest BCUT2D eigenvalue weighted by molar-refractivity contribution is -0.133. The fourth-order valence-corrected chi connectivity index (χ4v) is 2.64. The molecule has 21 heavy (non-hydrogen) atoms. The topological polar surface area (TPSA) is 78.9 Å². The molecular weight excluding hydrogens is 286 g/mol. The van der Waals surface area contributed by atoms with E-state index in [0.29, 0.717) is 22.8 Å². The number of hydrogen-bond acceptors (Lipinski definition) is 4. The van der Waals surface area contributed by atoms with Crippen LogP contribution in [0.4, 0.5) is 0 Å². The minimum atomic E-state index is -0.888. The Kier molecular flexibility index (Phi) is 4.66. The third-order valence-electron chi connectivity index (χ3n) is 2.87. The molecule has 0 bridgehead atoms. The van der Waals surface area contributed by atoms with Crippen molar-refractivity contribution in [3.63, 3.8) is 0 Å². The van der Waals surface area contributed by atoms with Crippen LogP contribution < -0.4 is 0 Å². The number of rotatable bonds is 5. The standard InChI is InChI=1S/C15H15N3O2S/c1-10(2)6-7-18-12-5-3-4-11(8-16)14(12)17-15(18)21-9-13(19)20/h3-6H,7,9H2,1-2H3,(H,19,20). The molecule has 0 aliphatic rings. The van der Waals surface area contributed by atoms with Crippen molar-refractivity contribution < 1.29 is 9.90 Å². The number of nitriles is 1. The number of carboxylic acid groups (broad SMARTS) is 1. The van der Waals surface area contributed by atoms with Crippen molar-refractivity contribution in [1.82, 2.24) is 9.55 Å². The maximum atomic E-state index is 10.8. The molecule has 0 saturated carbocycles. The van der Waals surface area contributed by atoms with Crippen LogP contribution in [0.3, 0.4) is 0 Å². The zero-order valence-corrected chi connectivity index (χ0v) is 12.6. The Morgan fingerprint density at radius 3 is 2.90 bits per heavy atom. The first-order valence-corrected chi connectivity index (χ1v) is 7.38. The van der Waals surface area contributed by atoms with E-state index in [2.05, 4.69) is 11.1 Å². The molecule has 0 atom stereocenters. The summed E-state index contributed by atoms with van der Waals surface area (Å²) in [4.78, 5) is 15.2. The fourth-order valence-electron chi connectivity index (χ4n) is 1.90. The molecule has 2 aromatic rings. The Hall–Kier alpha value is -2.26. The van der Waals surface area contributed by atoms with Crippen molar-refractivity contribution in [2.45, 2.75) is 25.5 Å². The molecule has 0 spiro atoms. The number of hydrogen-bond donors (Lipinski definition) is 1. The molecule has 0 radical (unpaired) electrons. The Morgan fingerprint density at radius 1 is 1.52 bits per heavy atom. The van der Waals surface area contributed by atoms with E-state index in [9.17, 15) is 4.79 Å². The molecule has 1 N–H and O–H groups in total. The van der Waals surface area contributed by atoms with Gasteiger partial charge in [0.2, 0.25) is 0 Å². The van der Waals surface area contributed by atoms with Crippen LogP contribution in [0.15, 0.2) is 35.0 Å². The first-order valence-electron chi connectivity index (χ1n) is 6.40. The van der Waals surface area contributed by atoms with Crippen LogP contribution in [0.1, 0.15) is 19.4 Å². The van der Waals surface area contributed by atoms with Gasteiger partial charge in [-0.05, 0) is 26.0 Å². The highest BCUT2D eigenvalue weighted by Gasteiger charge is 2.14. The number of aromatic nitrogens is 2. The first-order chi connectivity index (χ1) is 10.0. The molecule has 6 heteroatoms. The van der Waals surface area contributed by atoms with Gasteiger partial charge in [-0.1, -0.05) is 29.5 Å². The molecule has 1 heterocycles. The molecule has 0 aliphatic carbocycles. The van der Waals surface area contributed by atoms with Gasteiger partial charge in [-0.2, -0.15) is 5.26 Å². The monoisotopic (exact) mass is 301 g/mol. The predicted octanol–water partition coefficient (Wildman–Crippen LogP) is 3.05. The van der Waals surface area contributed by atoms with Crippen molar-refractivity contribution >= 4 is 28.8 Å². The van der Waals surface area contributed by atoms with Gasteiger partial charge in [0.1, 0.15) is 11.6 Å². The second-order valence-electron chi connectivity index (χ2n) is 4.75.